The van der Waals surface area contributed by atoms with Gasteiger partial charge in [-0.05, 0) is 37.5 Å². The SMILES string of the molecule is C[C@H](NC(=O)[C@@H]1CCCN(c2nnc(-n3cccc3)s2)C1)c1ccccc1. The Labute approximate surface area is 162 Å². The average Bonchev–Trinajstić information content (AvgIpc) is 3.40. The third-order valence-electron chi connectivity index (χ3n) is 4.95. The number of nitrogens with zero attached hydrogens (tertiary/aromatic N) is 4. The Kier molecular flexibility index (Phi) is 5.20. The predicted molar refractivity (Wildman–Crippen MR) is 107 cm³/mol. The fraction of sp³-hybridized carbons (Fsp3) is 0.350. The second-order valence-electron chi connectivity index (χ2n) is 6.88. The number of amides is 1. The lowest BCUT2D eigenvalue weighted by Crippen LogP contribution is -2.43. The van der Waals surface area contributed by atoms with E-state index in [1.54, 1.807) is 11.3 Å². The minimum absolute atomic E-state index is 0.0101. The zero-order valence-corrected chi connectivity index (χ0v) is 16.1. The van der Waals surface area contributed by atoms with Gasteiger partial charge in [0.1, 0.15) is 0 Å². The van der Waals surface area contributed by atoms with Crippen molar-refractivity contribution in [3.05, 3.63) is 60.4 Å². The largest absolute Gasteiger partial charge is 0.349 e. The number of nitrogens with one attached hydrogen (secondary N) is 1. The molecule has 7 heteroatoms. The van der Waals surface area contributed by atoms with E-state index in [-0.39, 0.29) is 17.9 Å². The quantitative estimate of drug-likeness (QED) is 0.736. The number of aromatic nitrogens is 3. The van der Waals surface area contributed by atoms with Gasteiger partial charge in [0, 0.05) is 25.5 Å². The molecule has 2 aromatic heterocycles. The van der Waals surface area contributed by atoms with Crippen molar-refractivity contribution in [1.29, 1.82) is 0 Å². The zero-order valence-electron chi connectivity index (χ0n) is 15.3. The van der Waals surface area contributed by atoms with Crippen molar-refractivity contribution in [1.82, 2.24) is 20.1 Å². The van der Waals surface area contributed by atoms with Crippen LogP contribution in [0.3, 0.4) is 0 Å². The molecule has 0 aliphatic carbocycles. The van der Waals surface area contributed by atoms with Gasteiger partial charge in [-0.25, -0.2) is 0 Å². The number of carbonyl (C=O) groups is 1. The molecular weight excluding hydrogens is 358 g/mol. The van der Waals surface area contributed by atoms with Crippen LogP contribution in [-0.2, 0) is 4.79 Å². The molecule has 6 nitrogen and oxygen atoms in total. The molecule has 0 saturated carbocycles. The van der Waals surface area contributed by atoms with Crippen LogP contribution in [0.15, 0.2) is 54.9 Å². The van der Waals surface area contributed by atoms with Gasteiger partial charge in [-0.15, -0.1) is 10.2 Å². The van der Waals surface area contributed by atoms with Gasteiger partial charge in [0.05, 0.1) is 12.0 Å². The molecule has 3 aromatic rings. The van der Waals surface area contributed by atoms with E-state index in [1.165, 1.54) is 0 Å². The molecule has 3 heterocycles. The normalized spacial score (nSPS) is 18.3. The average molecular weight is 382 g/mol. The Hall–Kier alpha value is -2.67. The number of piperidine rings is 1. The molecule has 2 atom stereocenters. The summed E-state index contributed by atoms with van der Waals surface area (Å²) in [5.41, 5.74) is 1.12. The highest BCUT2D eigenvalue weighted by atomic mass is 32.1. The van der Waals surface area contributed by atoms with Crippen molar-refractivity contribution in [3.8, 4) is 5.13 Å². The lowest BCUT2D eigenvalue weighted by molar-refractivity contribution is -0.125. The van der Waals surface area contributed by atoms with Crippen LogP contribution >= 0.6 is 11.3 Å². The predicted octanol–water partition coefficient (Wildman–Crippen LogP) is 3.42. The van der Waals surface area contributed by atoms with Gasteiger partial charge in [-0.3, -0.25) is 9.36 Å². The van der Waals surface area contributed by atoms with Gasteiger partial charge in [0.15, 0.2) is 0 Å². The van der Waals surface area contributed by atoms with E-state index in [0.717, 1.165) is 35.2 Å². The van der Waals surface area contributed by atoms with E-state index in [0.29, 0.717) is 6.54 Å². The van der Waals surface area contributed by atoms with E-state index in [9.17, 15) is 4.79 Å². The number of carbonyl (C=O) groups excluding carboxylic acids is 1. The molecule has 1 aliphatic heterocycles. The van der Waals surface area contributed by atoms with Crippen molar-refractivity contribution >= 4 is 22.4 Å². The molecule has 27 heavy (non-hydrogen) atoms. The molecule has 0 bridgehead atoms. The lowest BCUT2D eigenvalue weighted by atomic mass is 9.96. The van der Waals surface area contributed by atoms with Gasteiger partial charge in [0.25, 0.3) is 0 Å². The molecule has 1 N–H and O–H groups in total. The highest BCUT2D eigenvalue weighted by Crippen LogP contribution is 2.28. The van der Waals surface area contributed by atoms with Gasteiger partial charge in [-0.1, -0.05) is 41.7 Å². The van der Waals surface area contributed by atoms with Gasteiger partial charge < -0.3 is 10.2 Å². The Morgan fingerprint density at radius 2 is 1.89 bits per heavy atom. The van der Waals surface area contributed by atoms with Crippen molar-refractivity contribution in [3.63, 3.8) is 0 Å². The molecule has 4 rings (SSSR count). The standard InChI is InChI=1S/C20H23N5OS/c1-15(16-8-3-2-4-9-16)21-18(26)17-10-7-13-25(14-17)20-23-22-19(27-20)24-11-5-6-12-24/h2-6,8-9,11-12,15,17H,7,10,13-14H2,1H3,(H,21,26)/t15-,17+/m0/s1. The van der Waals surface area contributed by atoms with Crippen LogP contribution in [0.1, 0.15) is 31.4 Å². The van der Waals surface area contributed by atoms with Crippen LogP contribution in [0.2, 0.25) is 0 Å². The van der Waals surface area contributed by atoms with E-state index in [2.05, 4.69) is 20.4 Å². The molecule has 1 amide bonds. The fourth-order valence-electron chi connectivity index (χ4n) is 3.42. The van der Waals surface area contributed by atoms with Crippen LogP contribution in [0, 0.1) is 5.92 Å². The number of hydrogen-bond acceptors (Lipinski definition) is 5. The summed E-state index contributed by atoms with van der Waals surface area (Å²) in [6, 6.07) is 14.0. The highest BCUT2D eigenvalue weighted by Gasteiger charge is 2.28. The number of anilines is 1. The summed E-state index contributed by atoms with van der Waals surface area (Å²) in [7, 11) is 0. The second-order valence-corrected chi connectivity index (χ2v) is 7.82. The number of benzene rings is 1. The van der Waals surface area contributed by atoms with Crippen LogP contribution < -0.4 is 10.2 Å². The highest BCUT2D eigenvalue weighted by molar-refractivity contribution is 7.17. The molecule has 1 aromatic carbocycles. The van der Waals surface area contributed by atoms with Crippen molar-refractivity contribution in [2.45, 2.75) is 25.8 Å². The topological polar surface area (TPSA) is 63.1 Å². The zero-order chi connectivity index (χ0) is 18.6. The van der Waals surface area contributed by atoms with Crippen LogP contribution in [0.5, 0.6) is 0 Å². The molecule has 0 spiro atoms. The maximum atomic E-state index is 12.8. The van der Waals surface area contributed by atoms with Gasteiger partial charge in [-0.2, -0.15) is 0 Å². The van der Waals surface area contributed by atoms with Crippen molar-refractivity contribution < 1.29 is 4.79 Å². The Morgan fingerprint density at radius 3 is 2.67 bits per heavy atom. The van der Waals surface area contributed by atoms with Crippen LogP contribution in [0.25, 0.3) is 5.13 Å². The fourth-order valence-corrected chi connectivity index (χ4v) is 4.27. The third-order valence-corrected chi connectivity index (χ3v) is 5.95. The molecule has 0 radical (unpaired) electrons. The third kappa shape index (κ3) is 4.03. The molecule has 1 fully saturated rings. The van der Waals surface area contributed by atoms with E-state index in [1.807, 2.05) is 66.3 Å². The van der Waals surface area contributed by atoms with Crippen LogP contribution in [0.4, 0.5) is 5.13 Å². The maximum absolute atomic E-state index is 12.8. The summed E-state index contributed by atoms with van der Waals surface area (Å²) in [6.45, 7) is 3.63. The molecular formula is C20H23N5OS. The minimum atomic E-state index is -0.0242. The first-order valence-corrected chi connectivity index (χ1v) is 10.1. The monoisotopic (exact) mass is 381 g/mol. The maximum Gasteiger partial charge on any atom is 0.225 e. The van der Waals surface area contributed by atoms with E-state index < -0.39 is 0 Å². The Balaban J connectivity index is 1.40. The first-order valence-electron chi connectivity index (χ1n) is 9.28. The summed E-state index contributed by atoms with van der Waals surface area (Å²) in [5, 5.41) is 13.5. The second kappa shape index (κ2) is 7.92. The summed E-state index contributed by atoms with van der Waals surface area (Å²) in [4.78, 5) is 15.0. The first kappa shape index (κ1) is 17.7. The van der Waals surface area contributed by atoms with Crippen molar-refractivity contribution in [2.75, 3.05) is 18.0 Å². The minimum Gasteiger partial charge on any atom is -0.349 e. The summed E-state index contributed by atoms with van der Waals surface area (Å²) in [6.07, 6.45) is 5.81. The van der Waals surface area contributed by atoms with E-state index in [4.69, 9.17) is 0 Å². The molecule has 1 saturated heterocycles. The number of hydrogen-bond donors (Lipinski definition) is 1. The first-order chi connectivity index (χ1) is 13.2. The van der Waals surface area contributed by atoms with E-state index >= 15 is 0 Å². The summed E-state index contributed by atoms with van der Waals surface area (Å²) >= 11 is 1.56. The summed E-state index contributed by atoms with van der Waals surface area (Å²) in [5.74, 6) is 0.0926. The van der Waals surface area contributed by atoms with Crippen molar-refractivity contribution in [2.24, 2.45) is 5.92 Å². The Bertz CT molecular complexity index is 877. The summed E-state index contributed by atoms with van der Waals surface area (Å²) < 4.78 is 1.96. The lowest BCUT2D eigenvalue weighted by Gasteiger charge is -2.32. The smallest absolute Gasteiger partial charge is 0.225 e. The van der Waals surface area contributed by atoms with Gasteiger partial charge >= 0.3 is 0 Å². The number of rotatable bonds is 5. The molecule has 140 valence electrons. The Morgan fingerprint density at radius 1 is 1.15 bits per heavy atom. The van der Waals surface area contributed by atoms with Gasteiger partial charge in [0.2, 0.25) is 16.2 Å². The molecule has 1 aliphatic rings. The molecule has 0 unspecified atom stereocenters. The van der Waals surface area contributed by atoms with Crippen LogP contribution in [-0.4, -0.2) is 33.8 Å².